The Labute approximate surface area is 176 Å². The Morgan fingerprint density at radius 2 is 1.83 bits per heavy atom. The second kappa shape index (κ2) is 7.82. The molecule has 4 rings (SSSR count). The summed E-state index contributed by atoms with van der Waals surface area (Å²) in [5.74, 6) is 0.773. The fourth-order valence-electron chi connectivity index (χ4n) is 3.59. The van der Waals surface area contributed by atoms with Gasteiger partial charge in [0, 0.05) is 30.1 Å². The van der Waals surface area contributed by atoms with Crippen LogP contribution in [0.25, 0.3) is 22.4 Å². The van der Waals surface area contributed by atoms with Gasteiger partial charge in [0.05, 0.1) is 25.9 Å². The fraction of sp³-hybridized carbons (Fsp3) is 0.348. The lowest BCUT2D eigenvalue weighted by molar-refractivity contribution is 0.0195. The van der Waals surface area contributed by atoms with Crippen molar-refractivity contribution in [1.29, 1.82) is 0 Å². The maximum atomic E-state index is 12.7. The van der Waals surface area contributed by atoms with Crippen molar-refractivity contribution in [3.8, 4) is 28.1 Å². The molecule has 0 atom stereocenters. The number of carbonyl (C=O) groups excluding carboxylic acids is 1. The molecule has 156 valence electrons. The van der Waals surface area contributed by atoms with Gasteiger partial charge in [-0.15, -0.1) is 0 Å². The molecule has 0 unspecified atom stereocenters. The van der Waals surface area contributed by atoms with Crippen LogP contribution in [-0.4, -0.2) is 45.0 Å². The van der Waals surface area contributed by atoms with Crippen LogP contribution in [0, 0.1) is 0 Å². The lowest BCUT2D eigenvalue weighted by Gasteiger charge is -2.30. The van der Waals surface area contributed by atoms with Gasteiger partial charge in [-0.3, -0.25) is 9.67 Å². The van der Waals surface area contributed by atoms with Crippen LogP contribution in [0.1, 0.15) is 26.5 Å². The average Bonchev–Trinajstić information content (AvgIpc) is 3.12. The van der Waals surface area contributed by atoms with Gasteiger partial charge in [0.1, 0.15) is 17.0 Å². The van der Waals surface area contributed by atoms with E-state index in [1.807, 2.05) is 61.9 Å². The molecule has 1 amide bonds. The van der Waals surface area contributed by atoms with Crippen LogP contribution in [0.4, 0.5) is 4.79 Å². The zero-order valence-corrected chi connectivity index (χ0v) is 17.8. The highest BCUT2D eigenvalue weighted by atomic mass is 16.6. The lowest BCUT2D eigenvalue weighted by atomic mass is 9.99. The van der Waals surface area contributed by atoms with Gasteiger partial charge in [-0.2, -0.15) is 5.10 Å². The van der Waals surface area contributed by atoms with Gasteiger partial charge in [0.25, 0.3) is 0 Å². The van der Waals surface area contributed by atoms with Crippen LogP contribution in [0.2, 0.25) is 0 Å². The molecule has 1 aromatic carbocycles. The normalized spacial score (nSPS) is 13.7. The van der Waals surface area contributed by atoms with Crippen LogP contribution in [-0.2, 0) is 17.8 Å². The SMILES string of the molecule is COc1cccc(-c2nn3c(c2-c2ccncc2)CN(C(=O)OC(C)(C)C)CC3)c1. The highest BCUT2D eigenvalue weighted by molar-refractivity contribution is 5.83. The molecule has 1 aliphatic heterocycles. The molecule has 0 saturated carbocycles. The zero-order valence-electron chi connectivity index (χ0n) is 17.8. The molecule has 0 spiro atoms. The minimum Gasteiger partial charge on any atom is -0.497 e. The van der Waals surface area contributed by atoms with Crippen LogP contribution < -0.4 is 4.74 Å². The number of benzene rings is 1. The Bertz CT molecular complexity index is 1050. The molecule has 30 heavy (non-hydrogen) atoms. The summed E-state index contributed by atoms with van der Waals surface area (Å²) >= 11 is 0. The Kier molecular flexibility index (Phi) is 5.20. The largest absolute Gasteiger partial charge is 0.497 e. The van der Waals surface area contributed by atoms with E-state index in [0.717, 1.165) is 33.8 Å². The third-order valence-electron chi connectivity index (χ3n) is 4.94. The zero-order chi connectivity index (χ0) is 21.3. The number of amides is 1. The maximum Gasteiger partial charge on any atom is 0.410 e. The molecule has 3 aromatic rings. The van der Waals surface area contributed by atoms with Crippen molar-refractivity contribution in [1.82, 2.24) is 19.7 Å². The van der Waals surface area contributed by atoms with E-state index in [4.69, 9.17) is 14.6 Å². The van der Waals surface area contributed by atoms with Crippen molar-refractivity contribution in [2.75, 3.05) is 13.7 Å². The molecule has 7 nitrogen and oxygen atoms in total. The Balaban J connectivity index is 1.79. The summed E-state index contributed by atoms with van der Waals surface area (Å²) in [5.41, 5.74) is 4.28. The van der Waals surface area contributed by atoms with E-state index in [2.05, 4.69) is 4.98 Å². The van der Waals surface area contributed by atoms with E-state index >= 15 is 0 Å². The monoisotopic (exact) mass is 406 g/mol. The minimum atomic E-state index is -0.533. The number of carbonyl (C=O) groups is 1. The van der Waals surface area contributed by atoms with Gasteiger partial charge in [-0.1, -0.05) is 12.1 Å². The standard InChI is InChI=1S/C23H26N4O3/c1-23(2,3)30-22(28)26-12-13-27-19(15-26)20(16-8-10-24-11-9-16)21(25-27)17-6-5-7-18(14-17)29-4/h5-11,14H,12-13,15H2,1-4H3. The number of aromatic nitrogens is 3. The first-order valence-corrected chi connectivity index (χ1v) is 9.98. The maximum absolute atomic E-state index is 12.7. The molecule has 0 bridgehead atoms. The van der Waals surface area contributed by atoms with Crippen molar-refractivity contribution in [2.24, 2.45) is 0 Å². The Hall–Kier alpha value is -3.35. The summed E-state index contributed by atoms with van der Waals surface area (Å²) in [7, 11) is 1.65. The summed E-state index contributed by atoms with van der Waals surface area (Å²) in [6.45, 7) is 7.23. The number of ether oxygens (including phenoxy) is 2. The van der Waals surface area contributed by atoms with Gasteiger partial charge in [0.2, 0.25) is 0 Å². The molecular weight excluding hydrogens is 380 g/mol. The highest BCUT2D eigenvalue weighted by Crippen LogP contribution is 2.37. The molecule has 0 saturated heterocycles. The summed E-state index contributed by atoms with van der Waals surface area (Å²) in [4.78, 5) is 18.6. The van der Waals surface area contributed by atoms with Crippen molar-refractivity contribution in [2.45, 2.75) is 39.5 Å². The fourth-order valence-corrected chi connectivity index (χ4v) is 3.59. The molecular formula is C23H26N4O3. The molecule has 2 aromatic heterocycles. The predicted molar refractivity (Wildman–Crippen MR) is 114 cm³/mol. The first-order valence-electron chi connectivity index (χ1n) is 9.98. The summed E-state index contributed by atoms with van der Waals surface area (Å²) in [6.07, 6.45) is 3.23. The lowest BCUT2D eigenvalue weighted by Crippen LogP contribution is -2.41. The third kappa shape index (κ3) is 4.01. The van der Waals surface area contributed by atoms with Crippen molar-refractivity contribution in [3.05, 3.63) is 54.5 Å². The van der Waals surface area contributed by atoms with Crippen LogP contribution in [0.15, 0.2) is 48.8 Å². The molecule has 1 aliphatic rings. The van der Waals surface area contributed by atoms with E-state index in [0.29, 0.717) is 19.6 Å². The number of nitrogens with zero attached hydrogens (tertiary/aromatic N) is 4. The van der Waals surface area contributed by atoms with E-state index in [1.54, 1.807) is 24.4 Å². The first-order chi connectivity index (χ1) is 14.4. The minimum absolute atomic E-state index is 0.307. The van der Waals surface area contributed by atoms with E-state index in [9.17, 15) is 4.79 Å². The van der Waals surface area contributed by atoms with Gasteiger partial charge in [-0.25, -0.2) is 4.79 Å². The van der Waals surface area contributed by atoms with Crippen LogP contribution in [0.5, 0.6) is 5.75 Å². The summed E-state index contributed by atoms with van der Waals surface area (Å²) in [5, 5.41) is 4.90. The van der Waals surface area contributed by atoms with E-state index < -0.39 is 5.60 Å². The smallest absolute Gasteiger partial charge is 0.410 e. The molecule has 7 heteroatoms. The van der Waals surface area contributed by atoms with Gasteiger partial charge in [0.15, 0.2) is 0 Å². The van der Waals surface area contributed by atoms with E-state index in [-0.39, 0.29) is 6.09 Å². The Morgan fingerprint density at radius 1 is 1.07 bits per heavy atom. The number of methoxy groups -OCH3 is 1. The number of fused-ring (bicyclic) bond motifs is 1. The van der Waals surface area contributed by atoms with Crippen molar-refractivity contribution < 1.29 is 14.3 Å². The quantitative estimate of drug-likeness (QED) is 0.646. The predicted octanol–water partition coefficient (Wildman–Crippen LogP) is 4.37. The van der Waals surface area contributed by atoms with Crippen molar-refractivity contribution >= 4 is 6.09 Å². The van der Waals surface area contributed by atoms with Crippen molar-refractivity contribution in [3.63, 3.8) is 0 Å². The van der Waals surface area contributed by atoms with Gasteiger partial charge < -0.3 is 14.4 Å². The van der Waals surface area contributed by atoms with Crippen LogP contribution in [0.3, 0.4) is 0 Å². The topological polar surface area (TPSA) is 69.5 Å². The third-order valence-corrected chi connectivity index (χ3v) is 4.94. The van der Waals surface area contributed by atoms with Gasteiger partial charge >= 0.3 is 6.09 Å². The second-order valence-electron chi connectivity index (χ2n) is 8.26. The first kappa shape index (κ1) is 19.9. The molecule has 3 heterocycles. The molecule has 0 N–H and O–H groups in total. The number of hydrogen-bond acceptors (Lipinski definition) is 5. The summed E-state index contributed by atoms with van der Waals surface area (Å²) in [6, 6.07) is 11.8. The molecule has 0 radical (unpaired) electrons. The number of rotatable bonds is 3. The number of hydrogen-bond donors (Lipinski definition) is 0. The average molecular weight is 406 g/mol. The Morgan fingerprint density at radius 3 is 2.53 bits per heavy atom. The van der Waals surface area contributed by atoms with E-state index in [1.165, 1.54) is 0 Å². The molecule has 0 fully saturated rings. The highest BCUT2D eigenvalue weighted by Gasteiger charge is 2.30. The number of pyridine rings is 1. The van der Waals surface area contributed by atoms with Crippen LogP contribution >= 0.6 is 0 Å². The summed E-state index contributed by atoms with van der Waals surface area (Å²) < 4.78 is 13.0. The van der Waals surface area contributed by atoms with Gasteiger partial charge in [-0.05, 0) is 50.6 Å². The second-order valence-corrected chi connectivity index (χ2v) is 8.26. The molecule has 0 aliphatic carbocycles.